The molecule has 0 N–H and O–H groups in total. The molecule has 21 heteroatoms. The molecule has 10 rings (SSSR count). The molecule has 107 heavy (non-hydrogen) atoms. The van der Waals surface area contributed by atoms with Gasteiger partial charge in [-0.2, -0.15) is 0 Å². The highest BCUT2D eigenvalue weighted by Gasteiger charge is 2.42. The number of fused-ring (bicyclic) bond motifs is 6. The van der Waals surface area contributed by atoms with Gasteiger partial charge in [0.2, 0.25) is 0 Å². The maximum absolute atomic E-state index is 13.0. The molecule has 0 saturated heterocycles. The van der Waals surface area contributed by atoms with Gasteiger partial charge in [-0.05, 0) is 161 Å². The Morgan fingerprint density at radius 1 is 0.402 bits per heavy atom. The first kappa shape index (κ1) is 85.2. The molecular weight excluding hydrogens is 1410 g/mol. The average molecular weight is 1520 g/mol. The van der Waals surface area contributed by atoms with Crippen LogP contribution in [0.1, 0.15) is 122 Å². The number of carbonyl (C=O) groups excluding carboxylic acids is 4. The minimum Gasteiger partial charge on any atom is -0.497 e. The predicted octanol–water partition coefficient (Wildman–Crippen LogP) is 19.0. The molecule has 0 radical (unpaired) electrons. The van der Waals surface area contributed by atoms with Crippen LogP contribution in [0.2, 0.25) is 51.9 Å². The van der Waals surface area contributed by atoms with E-state index in [2.05, 4.69) is 64.9 Å². The number of hydrogen-bond acceptors (Lipinski definition) is 18. The van der Waals surface area contributed by atoms with Gasteiger partial charge in [0.25, 0.3) is 0 Å². The van der Waals surface area contributed by atoms with Crippen LogP contribution in [-0.4, -0.2) is 117 Å². The lowest BCUT2D eigenvalue weighted by Gasteiger charge is -2.37. The van der Waals surface area contributed by atoms with Crippen LogP contribution in [0.3, 0.4) is 0 Å². The maximum atomic E-state index is 13.0. The molecule has 0 saturated carbocycles. The number of esters is 4. The number of benzene rings is 8. The van der Waals surface area contributed by atoms with E-state index in [1.165, 1.54) is 0 Å². The first-order chi connectivity index (χ1) is 50.3. The second kappa shape index (κ2) is 39.2. The summed E-state index contributed by atoms with van der Waals surface area (Å²) < 4.78 is 82.2. The normalized spacial score (nSPS) is 13.2. The summed E-state index contributed by atoms with van der Waals surface area (Å²) in [6.07, 6.45) is 10.8. The lowest BCUT2D eigenvalue weighted by Crippen LogP contribution is -2.51. The molecule has 0 unspecified atom stereocenters. The zero-order chi connectivity index (χ0) is 75.4. The summed E-state index contributed by atoms with van der Waals surface area (Å²) in [7, 11) is 0.812. The minimum atomic E-state index is -2.18. The molecule has 0 fully saturated rings. The van der Waals surface area contributed by atoms with Gasteiger partial charge in [0.05, 0.1) is 67.3 Å². The molecule has 0 aromatic heterocycles. The zero-order valence-corrected chi connectivity index (χ0v) is 66.3. The summed E-state index contributed by atoms with van der Waals surface area (Å²) in [6, 6.07) is 48.5. The number of methoxy groups -OCH3 is 4. The molecular formula is C86H110O18Si3. The number of carbonyl (C=O) groups is 4. The van der Waals surface area contributed by atoms with Gasteiger partial charge in [0.15, 0.2) is 27.8 Å². The van der Waals surface area contributed by atoms with Gasteiger partial charge in [-0.3, -0.25) is 19.2 Å². The van der Waals surface area contributed by atoms with Crippen molar-refractivity contribution in [3.8, 4) is 34.5 Å². The highest BCUT2D eigenvalue weighted by atomic mass is 28.5. The molecule has 0 atom stereocenters. The third-order valence-electron chi connectivity index (χ3n) is 18.4. The Hall–Kier alpha value is -9.07. The Morgan fingerprint density at radius 3 is 1.06 bits per heavy atom. The van der Waals surface area contributed by atoms with Crippen molar-refractivity contribution in [1.29, 1.82) is 0 Å². The van der Waals surface area contributed by atoms with E-state index in [-0.39, 0.29) is 73.6 Å². The quantitative estimate of drug-likeness (QED) is 0.0157. The maximum Gasteiger partial charge on any atom is 0.311 e. The van der Waals surface area contributed by atoms with Crippen LogP contribution >= 0.6 is 0 Å². The van der Waals surface area contributed by atoms with Gasteiger partial charge in [-0.15, -0.1) is 0 Å². The van der Waals surface area contributed by atoms with Crippen molar-refractivity contribution in [1.82, 2.24) is 0 Å². The number of aryl methyl sites for hydroxylation is 2. The minimum absolute atomic E-state index is 0. The van der Waals surface area contributed by atoms with E-state index in [1.54, 1.807) is 28.4 Å². The first-order valence-electron chi connectivity index (χ1n) is 36.0. The lowest BCUT2D eigenvalue weighted by atomic mass is 9.82. The van der Waals surface area contributed by atoms with Gasteiger partial charge in [0.1, 0.15) is 60.9 Å². The molecule has 8 aromatic rings. The Morgan fingerprint density at radius 2 is 0.729 bits per heavy atom. The Balaban J connectivity index is 0.000000299. The molecule has 0 spiro atoms. The van der Waals surface area contributed by atoms with Crippen molar-refractivity contribution < 1.29 is 84.3 Å². The van der Waals surface area contributed by atoms with Gasteiger partial charge in [-0.25, -0.2) is 0 Å². The molecule has 0 amide bonds. The molecule has 2 aliphatic rings. The predicted molar refractivity (Wildman–Crippen MR) is 430 cm³/mol. The summed E-state index contributed by atoms with van der Waals surface area (Å²) in [5.74, 6) is 2.45. The highest BCUT2D eigenvalue weighted by molar-refractivity contribution is 6.87. The van der Waals surface area contributed by atoms with Crippen molar-refractivity contribution in [3.63, 3.8) is 0 Å². The van der Waals surface area contributed by atoms with E-state index < -0.39 is 60.3 Å². The van der Waals surface area contributed by atoms with Crippen LogP contribution in [0.5, 0.6) is 34.5 Å². The topological polar surface area (TPSA) is 197 Å². The third-order valence-corrected chi connectivity index (χ3v) is 28.5. The Bertz CT molecular complexity index is 4220. The largest absolute Gasteiger partial charge is 0.497 e. The summed E-state index contributed by atoms with van der Waals surface area (Å²) in [4.78, 5) is 50.4. The van der Waals surface area contributed by atoms with Crippen molar-refractivity contribution in [2.24, 2.45) is 0 Å². The second-order valence-corrected chi connectivity index (χ2v) is 40.6. The zero-order valence-electron chi connectivity index (χ0n) is 63.3. The molecule has 0 bridgehead atoms. The fourth-order valence-corrected chi connectivity index (χ4v) is 26.5. The second-order valence-electron chi connectivity index (χ2n) is 28.0. The van der Waals surface area contributed by atoms with Crippen LogP contribution in [0.25, 0.3) is 33.7 Å². The molecule has 18 nitrogen and oxygen atoms in total. The third kappa shape index (κ3) is 22.3. The monoisotopic (exact) mass is 1510 g/mol. The Kier molecular flexibility index (Phi) is 31.2. The van der Waals surface area contributed by atoms with Gasteiger partial charge < -0.3 is 65.1 Å². The Labute approximate surface area is 636 Å². The average Bonchev–Trinajstić information content (AvgIpc) is 0.733. The van der Waals surface area contributed by atoms with E-state index in [9.17, 15) is 19.2 Å². The van der Waals surface area contributed by atoms with Crippen LogP contribution in [0.15, 0.2) is 158 Å². The summed E-state index contributed by atoms with van der Waals surface area (Å²) >= 11 is 0. The fourth-order valence-electron chi connectivity index (χ4n) is 13.3. The summed E-state index contributed by atoms with van der Waals surface area (Å²) in [5.41, 5.74) is 7.05. The highest BCUT2D eigenvalue weighted by Crippen LogP contribution is 2.50. The van der Waals surface area contributed by atoms with Crippen LogP contribution in [-0.2, 0) is 80.2 Å². The number of unbranched alkanes of at least 4 members (excludes halogenated alkanes) is 1. The molecule has 0 aliphatic carbocycles. The van der Waals surface area contributed by atoms with Crippen LogP contribution < -0.4 is 28.4 Å². The van der Waals surface area contributed by atoms with Crippen LogP contribution in [0.4, 0.5) is 0 Å². The fraction of sp³-hybridized carbons (Fsp3) is 0.395. The first-order valence-corrected chi connectivity index (χ1v) is 45.3. The molecule has 2 aliphatic heterocycles. The van der Waals surface area contributed by atoms with E-state index >= 15 is 0 Å². The van der Waals surface area contributed by atoms with E-state index in [0.717, 1.165) is 125 Å². The van der Waals surface area contributed by atoms with Crippen molar-refractivity contribution >= 4 is 82.8 Å². The van der Waals surface area contributed by atoms with Crippen molar-refractivity contribution in [3.05, 3.63) is 213 Å². The number of hydrogen-bond donors (Lipinski definition) is 0. The smallest absolute Gasteiger partial charge is 0.311 e. The molecule has 574 valence electrons. The molecule has 2 heterocycles. The standard InChI is InChI=1S/C45H60O10Si3.C39H42O8.2CH4/c1-33-38-14-11-12-15-39(38)44-40(26-27-45(53-44,34-16-20-36(48-2)21-17-34)35-18-22-37(49-3)23-19-35)41(33)32-52-43(47)25-24-42(46)51-30-29-50-28-13-31-57(7,8)55-58(9,10)54-56(4,5)6;1-5-6-23-44-24-25-45-36(40)19-20-37(41)46-26-35-27(2)32-9-7-8-10-33(32)38-34(35)21-22-39(47-38,28-11-15-30(42-3)16-12-28)29-13-17-31(43-4)18-14-29;;/h11-12,14-23,26-27H,13,24-25,28-32H2,1-10H3;7-18,21-22H,5-6,19-20,23-26H2,1-4H3;2*1H4. The van der Waals surface area contributed by atoms with E-state index in [4.69, 9.17) is 65.1 Å². The SMILES string of the molecule is C.C.CCCCOCCOC(=O)CCC(=O)OCc1c2c(c3ccccc3c1C)OC(c1ccc(OC)cc1)(c1ccc(OC)cc1)C=C2.COc1ccc(C2(c3ccc(OC)cc3)C=Cc3c(COC(=O)CCC(=O)OCCOCCC[Si](C)(C)O[Si](C)(C)O[Si](C)(C)C)c(C)c4ccccc4c3O2)cc1. The summed E-state index contributed by atoms with van der Waals surface area (Å²) in [5, 5.41) is 3.88. The van der Waals surface area contributed by atoms with Crippen molar-refractivity contribution in [2.45, 2.75) is 157 Å². The lowest BCUT2D eigenvalue weighted by molar-refractivity contribution is -0.151. The van der Waals surface area contributed by atoms with Gasteiger partial charge >= 0.3 is 32.4 Å². The summed E-state index contributed by atoms with van der Waals surface area (Å²) in [6.45, 7) is 23.6. The number of ether oxygens (including phenoxy) is 12. The van der Waals surface area contributed by atoms with E-state index in [0.29, 0.717) is 31.3 Å². The van der Waals surface area contributed by atoms with Gasteiger partial charge in [-0.1, -0.05) is 137 Å². The molecule has 8 aromatic carbocycles. The van der Waals surface area contributed by atoms with Crippen LogP contribution in [0, 0.1) is 13.8 Å². The van der Waals surface area contributed by atoms with Crippen molar-refractivity contribution in [2.75, 3.05) is 68.1 Å². The number of rotatable bonds is 35. The van der Waals surface area contributed by atoms with Gasteiger partial charge in [0, 0.05) is 68.5 Å². The van der Waals surface area contributed by atoms with E-state index in [1.807, 2.05) is 172 Å².